The molecule has 8 heteroatoms. The van der Waals surface area contributed by atoms with Crippen LogP contribution in [0.1, 0.15) is 30.0 Å². The molecule has 0 aliphatic carbocycles. The van der Waals surface area contributed by atoms with E-state index in [-0.39, 0.29) is 13.1 Å². The summed E-state index contributed by atoms with van der Waals surface area (Å²) in [5.74, 6) is -1.00. The van der Waals surface area contributed by atoms with Gasteiger partial charge in [-0.05, 0) is 38.3 Å². The minimum absolute atomic E-state index is 0.0131. The Labute approximate surface area is 149 Å². The Morgan fingerprint density at radius 3 is 2.16 bits per heavy atom. The molecule has 0 saturated heterocycles. The molecule has 0 radical (unpaired) electrons. The Hall–Kier alpha value is -1.64. The van der Waals surface area contributed by atoms with Crippen LogP contribution in [-0.2, 0) is 14.8 Å². The molecular formula is C17H28N2O5S. The van der Waals surface area contributed by atoms with Gasteiger partial charge in [-0.25, -0.2) is 8.42 Å². The molecule has 0 amide bonds. The minimum atomic E-state index is -3.60. The van der Waals surface area contributed by atoms with Crippen molar-refractivity contribution in [2.45, 2.75) is 46.3 Å². The third kappa shape index (κ3) is 5.98. The summed E-state index contributed by atoms with van der Waals surface area (Å²) >= 11 is 0. The van der Waals surface area contributed by atoms with Crippen molar-refractivity contribution < 1.29 is 23.4 Å². The van der Waals surface area contributed by atoms with E-state index in [0.29, 0.717) is 12.1 Å². The lowest BCUT2D eigenvalue weighted by Gasteiger charge is -2.29. The molecule has 0 unspecified atom stereocenters. The Kier molecular flexibility index (Phi) is 7.40. The van der Waals surface area contributed by atoms with Crippen molar-refractivity contribution in [2.75, 3.05) is 23.7 Å². The second-order valence-corrected chi connectivity index (χ2v) is 8.31. The minimum Gasteiger partial charge on any atom is -0.480 e. The van der Waals surface area contributed by atoms with E-state index in [1.165, 1.54) is 4.31 Å². The first kappa shape index (κ1) is 21.4. The zero-order valence-corrected chi connectivity index (χ0v) is 16.2. The maximum Gasteiger partial charge on any atom is 0.320 e. The van der Waals surface area contributed by atoms with E-state index < -0.39 is 28.1 Å². The first-order valence-electron chi connectivity index (χ1n) is 8.17. The maximum absolute atomic E-state index is 12.3. The molecule has 0 spiro atoms. The number of nitrogens with zero attached hydrogens (tertiary/aromatic N) is 1. The number of anilines is 1. The van der Waals surface area contributed by atoms with E-state index >= 15 is 0 Å². The Bertz CT molecular complexity index is 695. The molecular weight excluding hydrogens is 344 g/mol. The average molecular weight is 372 g/mol. The fraction of sp³-hybridized carbons (Fsp3) is 0.588. The number of sulfonamides is 1. The lowest BCUT2D eigenvalue weighted by atomic mass is 10.0. The molecule has 0 bridgehead atoms. The van der Waals surface area contributed by atoms with Crippen LogP contribution in [0.3, 0.4) is 0 Å². The van der Waals surface area contributed by atoms with E-state index in [1.807, 2.05) is 32.9 Å². The first-order valence-corrected chi connectivity index (χ1v) is 10.0. The first-order chi connectivity index (χ1) is 11.5. The molecule has 0 aromatic heterocycles. The Morgan fingerprint density at radius 1 is 1.24 bits per heavy atom. The lowest BCUT2D eigenvalue weighted by Crippen LogP contribution is -2.45. The van der Waals surface area contributed by atoms with Gasteiger partial charge in [-0.2, -0.15) is 0 Å². The quantitative estimate of drug-likeness (QED) is 0.601. The van der Waals surface area contributed by atoms with Crippen LogP contribution in [0.5, 0.6) is 0 Å². The normalized spacial score (nSPS) is 14.2. The van der Waals surface area contributed by atoms with E-state index in [0.717, 1.165) is 22.9 Å². The zero-order valence-electron chi connectivity index (χ0n) is 15.4. The number of hydrogen-bond donors (Lipinski definition) is 3. The molecule has 1 rings (SSSR count). The molecule has 0 aliphatic heterocycles. The van der Waals surface area contributed by atoms with Gasteiger partial charge >= 0.3 is 5.97 Å². The summed E-state index contributed by atoms with van der Waals surface area (Å²) in [6, 6.07) is 3.01. The molecule has 0 fully saturated rings. The monoisotopic (exact) mass is 372 g/mol. The SMILES string of the molecule is CC[C@@H](NC[C@@H](O)CN(c1c(C)cc(C)cc1C)S(C)(=O)=O)C(=O)O. The highest BCUT2D eigenvalue weighted by atomic mass is 32.2. The summed E-state index contributed by atoms with van der Waals surface area (Å²) in [4.78, 5) is 11.0. The van der Waals surface area contributed by atoms with Gasteiger partial charge in [-0.3, -0.25) is 9.10 Å². The van der Waals surface area contributed by atoms with Crippen molar-refractivity contribution in [3.05, 3.63) is 28.8 Å². The molecule has 0 heterocycles. The number of rotatable bonds is 9. The maximum atomic E-state index is 12.3. The summed E-state index contributed by atoms with van der Waals surface area (Å²) in [5.41, 5.74) is 3.19. The molecule has 1 aromatic rings. The highest BCUT2D eigenvalue weighted by Gasteiger charge is 2.25. The fourth-order valence-corrected chi connectivity index (χ4v) is 3.96. The third-order valence-electron chi connectivity index (χ3n) is 3.97. The summed E-state index contributed by atoms with van der Waals surface area (Å²) in [5, 5.41) is 22.0. The largest absolute Gasteiger partial charge is 0.480 e. The predicted molar refractivity (Wildman–Crippen MR) is 98.6 cm³/mol. The number of aryl methyl sites for hydroxylation is 3. The van der Waals surface area contributed by atoms with Crippen LogP contribution < -0.4 is 9.62 Å². The second kappa shape index (κ2) is 8.64. The van der Waals surface area contributed by atoms with Gasteiger partial charge in [0.15, 0.2) is 0 Å². The Morgan fingerprint density at radius 2 is 1.76 bits per heavy atom. The summed E-state index contributed by atoms with van der Waals surface area (Å²) in [7, 11) is -3.60. The summed E-state index contributed by atoms with van der Waals surface area (Å²) in [6.07, 6.45) is 0.426. The fourth-order valence-electron chi connectivity index (χ4n) is 2.90. The van der Waals surface area contributed by atoms with Crippen LogP contribution >= 0.6 is 0 Å². The van der Waals surface area contributed by atoms with Crippen LogP contribution in [-0.4, -0.2) is 56.1 Å². The molecule has 2 atom stereocenters. The topological polar surface area (TPSA) is 107 Å². The molecule has 7 nitrogen and oxygen atoms in total. The molecule has 142 valence electrons. The van der Waals surface area contributed by atoms with Crippen molar-refractivity contribution in [3.63, 3.8) is 0 Å². The predicted octanol–water partition coefficient (Wildman–Crippen LogP) is 1.19. The number of aliphatic carboxylic acids is 1. The molecule has 1 aromatic carbocycles. The third-order valence-corrected chi connectivity index (χ3v) is 5.10. The number of carboxylic acid groups (broad SMARTS) is 1. The number of carbonyl (C=O) groups is 1. The van der Waals surface area contributed by atoms with Gasteiger partial charge in [0, 0.05) is 6.54 Å². The number of aliphatic hydroxyl groups excluding tert-OH is 1. The standard InChI is InChI=1S/C17H28N2O5S/c1-6-15(17(21)22)18-9-14(20)10-19(25(5,23)24)16-12(3)7-11(2)8-13(16)4/h7-8,14-15,18,20H,6,9-10H2,1-5H3,(H,21,22)/t14-,15-/m1/s1. The van der Waals surface area contributed by atoms with Crippen LogP contribution in [0.25, 0.3) is 0 Å². The number of carboxylic acids is 1. The van der Waals surface area contributed by atoms with Crippen molar-refractivity contribution in [1.82, 2.24) is 5.32 Å². The lowest BCUT2D eigenvalue weighted by molar-refractivity contribution is -0.139. The van der Waals surface area contributed by atoms with Gasteiger partial charge in [-0.15, -0.1) is 0 Å². The highest BCUT2D eigenvalue weighted by Crippen LogP contribution is 2.28. The Balaban J connectivity index is 3.01. The highest BCUT2D eigenvalue weighted by molar-refractivity contribution is 7.92. The van der Waals surface area contributed by atoms with E-state index in [4.69, 9.17) is 5.11 Å². The van der Waals surface area contributed by atoms with Crippen molar-refractivity contribution >= 4 is 21.7 Å². The number of benzene rings is 1. The van der Waals surface area contributed by atoms with Gasteiger partial charge < -0.3 is 15.5 Å². The smallest absolute Gasteiger partial charge is 0.320 e. The molecule has 3 N–H and O–H groups in total. The van der Waals surface area contributed by atoms with Gasteiger partial charge in [0.25, 0.3) is 0 Å². The molecule has 25 heavy (non-hydrogen) atoms. The van der Waals surface area contributed by atoms with E-state index in [1.54, 1.807) is 6.92 Å². The second-order valence-electron chi connectivity index (χ2n) is 6.40. The van der Waals surface area contributed by atoms with E-state index in [9.17, 15) is 18.3 Å². The van der Waals surface area contributed by atoms with Gasteiger partial charge in [0.05, 0.1) is 24.6 Å². The number of hydrogen-bond acceptors (Lipinski definition) is 5. The van der Waals surface area contributed by atoms with E-state index in [2.05, 4.69) is 5.32 Å². The zero-order chi connectivity index (χ0) is 19.4. The average Bonchev–Trinajstić information content (AvgIpc) is 2.44. The van der Waals surface area contributed by atoms with Crippen molar-refractivity contribution in [1.29, 1.82) is 0 Å². The van der Waals surface area contributed by atoms with Crippen molar-refractivity contribution in [2.24, 2.45) is 0 Å². The molecule has 0 saturated carbocycles. The van der Waals surface area contributed by atoms with Gasteiger partial charge in [0.1, 0.15) is 6.04 Å². The summed E-state index contributed by atoms with van der Waals surface area (Å²) in [6.45, 7) is 7.16. The number of aliphatic hydroxyl groups is 1. The number of nitrogens with one attached hydrogen (secondary N) is 1. The van der Waals surface area contributed by atoms with Crippen LogP contribution in [0.15, 0.2) is 12.1 Å². The van der Waals surface area contributed by atoms with Crippen LogP contribution in [0, 0.1) is 20.8 Å². The molecule has 0 aliphatic rings. The van der Waals surface area contributed by atoms with Crippen molar-refractivity contribution in [3.8, 4) is 0 Å². The van der Waals surface area contributed by atoms with Crippen LogP contribution in [0.2, 0.25) is 0 Å². The van der Waals surface area contributed by atoms with Gasteiger partial charge in [-0.1, -0.05) is 24.6 Å². The van der Waals surface area contributed by atoms with Crippen LogP contribution in [0.4, 0.5) is 5.69 Å². The summed E-state index contributed by atoms with van der Waals surface area (Å²) < 4.78 is 25.7. The van der Waals surface area contributed by atoms with Gasteiger partial charge in [0.2, 0.25) is 10.0 Å².